The first-order valence-corrected chi connectivity index (χ1v) is 10.8. The van der Waals surface area contributed by atoms with Gasteiger partial charge in [-0.05, 0) is 49.1 Å². The molecule has 3 heterocycles. The summed E-state index contributed by atoms with van der Waals surface area (Å²) in [6.45, 7) is 2.29. The van der Waals surface area contributed by atoms with E-state index in [4.69, 9.17) is 9.47 Å². The van der Waals surface area contributed by atoms with Crippen molar-refractivity contribution in [3.8, 4) is 11.5 Å². The number of nitrogens with one attached hydrogen (secondary N) is 1. The summed E-state index contributed by atoms with van der Waals surface area (Å²) in [4.78, 5) is 17.7. The van der Waals surface area contributed by atoms with Crippen LogP contribution in [0.25, 0.3) is 5.65 Å². The minimum absolute atomic E-state index is 0.0900. The summed E-state index contributed by atoms with van der Waals surface area (Å²) in [5.74, 6) is 1.44. The highest BCUT2D eigenvalue weighted by Gasteiger charge is 2.26. The van der Waals surface area contributed by atoms with Crippen LogP contribution < -0.4 is 14.8 Å². The first-order chi connectivity index (χ1) is 14.7. The number of hydrogen-bond acceptors (Lipinski definition) is 4. The zero-order valence-corrected chi connectivity index (χ0v) is 17.3. The summed E-state index contributed by atoms with van der Waals surface area (Å²) in [6.07, 6.45) is 10.1. The maximum absolute atomic E-state index is 13.0. The molecule has 0 bridgehead atoms. The normalized spacial score (nSPS) is 17.2. The van der Waals surface area contributed by atoms with Gasteiger partial charge in [0.15, 0.2) is 11.5 Å². The second-order valence-corrected chi connectivity index (χ2v) is 8.34. The Kier molecular flexibility index (Phi) is 5.07. The molecule has 1 atom stereocenters. The lowest BCUT2D eigenvalue weighted by Crippen LogP contribution is -2.37. The molecular formula is C24H27N3O3. The van der Waals surface area contributed by atoms with E-state index >= 15 is 0 Å². The molecule has 0 spiro atoms. The molecular weight excluding hydrogens is 378 g/mol. The second kappa shape index (κ2) is 8.01. The highest BCUT2D eigenvalue weighted by atomic mass is 16.7. The number of carbonyl (C=O) groups is 1. The van der Waals surface area contributed by atoms with Gasteiger partial charge in [0.25, 0.3) is 0 Å². The molecule has 5 rings (SSSR count). The van der Waals surface area contributed by atoms with E-state index in [2.05, 4.69) is 27.7 Å². The van der Waals surface area contributed by atoms with Gasteiger partial charge in [0.1, 0.15) is 5.65 Å². The van der Waals surface area contributed by atoms with Crippen LogP contribution in [0.2, 0.25) is 0 Å². The minimum Gasteiger partial charge on any atom is -0.454 e. The van der Waals surface area contributed by atoms with Gasteiger partial charge >= 0.3 is 0 Å². The summed E-state index contributed by atoms with van der Waals surface area (Å²) in [5, 5.41) is 3.27. The zero-order valence-electron chi connectivity index (χ0n) is 17.3. The molecule has 0 saturated heterocycles. The van der Waals surface area contributed by atoms with Crippen molar-refractivity contribution in [2.45, 2.75) is 57.4 Å². The van der Waals surface area contributed by atoms with E-state index in [-0.39, 0.29) is 18.6 Å². The van der Waals surface area contributed by atoms with Crippen molar-refractivity contribution >= 4 is 11.6 Å². The Bertz CT molecular complexity index is 1070. The topological polar surface area (TPSA) is 64.9 Å². The van der Waals surface area contributed by atoms with Crippen LogP contribution in [0.3, 0.4) is 0 Å². The SMILES string of the molecule is Cc1cccn2c([C@@H](CC(=O)NC3CCCCC3)c3ccc4c(c3)OCO4)cnc12. The van der Waals surface area contributed by atoms with E-state index in [0.29, 0.717) is 12.5 Å². The third-order valence-corrected chi connectivity index (χ3v) is 6.28. The van der Waals surface area contributed by atoms with Crippen LogP contribution in [0.5, 0.6) is 11.5 Å². The average molecular weight is 405 g/mol. The van der Waals surface area contributed by atoms with Gasteiger partial charge in [-0.15, -0.1) is 0 Å². The number of carbonyl (C=O) groups excluding carboxylic acids is 1. The highest BCUT2D eigenvalue weighted by molar-refractivity contribution is 5.78. The van der Waals surface area contributed by atoms with Gasteiger partial charge in [0, 0.05) is 30.8 Å². The predicted octanol–water partition coefficient (Wildman–Crippen LogP) is 4.34. The summed E-state index contributed by atoms with van der Waals surface area (Å²) >= 11 is 0. The first kappa shape index (κ1) is 19.0. The molecule has 6 heteroatoms. The van der Waals surface area contributed by atoms with Crippen LogP contribution in [0, 0.1) is 6.92 Å². The molecule has 6 nitrogen and oxygen atoms in total. The van der Waals surface area contributed by atoms with Gasteiger partial charge in [0.05, 0.1) is 5.69 Å². The van der Waals surface area contributed by atoms with Crippen molar-refractivity contribution in [2.24, 2.45) is 0 Å². The van der Waals surface area contributed by atoms with Gasteiger partial charge in [-0.25, -0.2) is 4.98 Å². The molecule has 1 aromatic carbocycles. The zero-order chi connectivity index (χ0) is 20.5. The van der Waals surface area contributed by atoms with E-state index in [1.165, 1.54) is 19.3 Å². The number of rotatable bonds is 5. The lowest BCUT2D eigenvalue weighted by molar-refractivity contribution is -0.122. The van der Waals surface area contributed by atoms with Crippen LogP contribution in [0.15, 0.2) is 42.7 Å². The fourth-order valence-corrected chi connectivity index (χ4v) is 4.67. The Morgan fingerprint density at radius 1 is 1.20 bits per heavy atom. The lowest BCUT2D eigenvalue weighted by Gasteiger charge is -2.24. The molecule has 30 heavy (non-hydrogen) atoms. The maximum atomic E-state index is 13.0. The molecule has 0 radical (unpaired) electrons. The molecule has 1 N–H and O–H groups in total. The second-order valence-electron chi connectivity index (χ2n) is 8.34. The molecule has 156 valence electrons. The monoisotopic (exact) mass is 405 g/mol. The number of fused-ring (bicyclic) bond motifs is 2. The summed E-state index contributed by atoms with van der Waals surface area (Å²) in [5.41, 5.74) is 4.07. The number of pyridine rings is 1. The van der Waals surface area contributed by atoms with Crippen molar-refractivity contribution in [2.75, 3.05) is 6.79 Å². The first-order valence-electron chi connectivity index (χ1n) is 10.8. The quantitative estimate of drug-likeness (QED) is 0.686. The van der Waals surface area contributed by atoms with E-state index in [1.807, 2.05) is 36.7 Å². The van der Waals surface area contributed by atoms with Crippen molar-refractivity contribution in [3.63, 3.8) is 0 Å². The molecule has 2 aliphatic rings. The summed E-state index contributed by atoms with van der Waals surface area (Å²) < 4.78 is 13.2. The number of aromatic nitrogens is 2. The summed E-state index contributed by atoms with van der Waals surface area (Å²) in [6, 6.07) is 10.3. The maximum Gasteiger partial charge on any atom is 0.231 e. The molecule has 2 aromatic heterocycles. The van der Waals surface area contributed by atoms with Crippen LogP contribution in [0.4, 0.5) is 0 Å². The van der Waals surface area contributed by atoms with Crippen molar-refractivity contribution in [1.82, 2.24) is 14.7 Å². The smallest absolute Gasteiger partial charge is 0.231 e. The van der Waals surface area contributed by atoms with Crippen LogP contribution in [-0.2, 0) is 4.79 Å². The molecule has 1 fully saturated rings. The number of nitrogens with zero attached hydrogens (tertiary/aromatic N) is 2. The molecule has 0 unspecified atom stereocenters. The number of aryl methyl sites for hydroxylation is 1. The highest BCUT2D eigenvalue weighted by Crippen LogP contribution is 2.38. The Morgan fingerprint density at radius 3 is 2.90 bits per heavy atom. The number of benzene rings is 1. The van der Waals surface area contributed by atoms with Gasteiger partial charge in [-0.1, -0.05) is 31.4 Å². The number of amides is 1. The van der Waals surface area contributed by atoms with Crippen LogP contribution in [-0.4, -0.2) is 28.1 Å². The Labute approximate surface area is 176 Å². The Hall–Kier alpha value is -3.02. The third-order valence-electron chi connectivity index (χ3n) is 6.28. The van der Waals surface area contributed by atoms with Crippen molar-refractivity contribution < 1.29 is 14.3 Å². The largest absolute Gasteiger partial charge is 0.454 e. The number of ether oxygens (including phenoxy) is 2. The molecule has 1 saturated carbocycles. The van der Waals surface area contributed by atoms with Crippen molar-refractivity contribution in [1.29, 1.82) is 0 Å². The van der Waals surface area contributed by atoms with Crippen LogP contribution in [0.1, 0.15) is 61.3 Å². The third kappa shape index (κ3) is 3.62. The average Bonchev–Trinajstić information content (AvgIpc) is 3.40. The molecule has 1 aliphatic carbocycles. The summed E-state index contributed by atoms with van der Waals surface area (Å²) in [7, 11) is 0. The van der Waals surface area contributed by atoms with Gasteiger partial charge in [0.2, 0.25) is 12.7 Å². The Morgan fingerprint density at radius 2 is 2.03 bits per heavy atom. The minimum atomic E-state index is -0.125. The molecule has 3 aromatic rings. The van der Waals surface area contributed by atoms with E-state index in [0.717, 1.165) is 46.8 Å². The van der Waals surface area contributed by atoms with E-state index in [9.17, 15) is 4.79 Å². The fourth-order valence-electron chi connectivity index (χ4n) is 4.67. The van der Waals surface area contributed by atoms with Gasteiger partial charge in [-0.3, -0.25) is 4.79 Å². The van der Waals surface area contributed by atoms with Gasteiger partial charge in [-0.2, -0.15) is 0 Å². The van der Waals surface area contributed by atoms with E-state index in [1.54, 1.807) is 0 Å². The standard InChI is InChI=1S/C24H27N3O3/c1-16-6-5-11-27-20(14-25-24(16)27)19(13-23(28)26-18-7-3-2-4-8-18)17-9-10-21-22(12-17)30-15-29-21/h5-6,9-12,14,18-19H,2-4,7-8,13,15H2,1H3,(H,26,28)/t19-/m0/s1. The molecule has 1 amide bonds. The van der Waals surface area contributed by atoms with Gasteiger partial charge < -0.3 is 19.2 Å². The lowest BCUT2D eigenvalue weighted by atomic mass is 9.91. The fraction of sp³-hybridized carbons (Fsp3) is 0.417. The number of hydrogen-bond donors (Lipinski definition) is 1. The van der Waals surface area contributed by atoms with Crippen LogP contribution >= 0.6 is 0 Å². The predicted molar refractivity (Wildman–Crippen MR) is 114 cm³/mol. The van der Waals surface area contributed by atoms with Crippen molar-refractivity contribution in [3.05, 3.63) is 59.5 Å². The molecule has 1 aliphatic heterocycles. The number of imidazole rings is 1. The Balaban J connectivity index is 1.48. The van der Waals surface area contributed by atoms with E-state index < -0.39 is 0 Å².